The Hall–Kier alpha value is -6.89. The number of nitrogens with zero attached hydrogens (tertiary/aromatic N) is 3. The van der Waals surface area contributed by atoms with Crippen molar-refractivity contribution in [2.75, 3.05) is 0 Å². The Labute approximate surface area is 362 Å². The molecule has 11 rings (SSSR count). The van der Waals surface area contributed by atoms with Gasteiger partial charge in [0.15, 0.2) is 17.5 Å². The number of aromatic nitrogens is 3. The summed E-state index contributed by atoms with van der Waals surface area (Å²) in [6.45, 7) is 0. The van der Waals surface area contributed by atoms with E-state index in [1.165, 1.54) is 65.0 Å². The van der Waals surface area contributed by atoms with E-state index in [-0.39, 0.29) is 0 Å². The predicted octanol–water partition coefficient (Wildman–Crippen LogP) is 5.43. The van der Waals surface area contributed by atoms with Gasteiger partial charge in [0, 0.05) is 47.6 Å². The molecule has 0 aliphatic carbocycles. The molecule has 0 aliphatic rings. The van der Waals surface area contributed by atoms with Crippen LogP contribution in [0.5, 0.6) is 0 Å². The van der Waals surface area contributed by atoms with Gasteiger partial charge in [-0.1, -0.05) is 150 Å². The number of benzene rings is 8. The van der Waals surface area contributed by atoms with E-state index >= 15 is 0 Å². The second-order valence-corrected chi connectivity index (χ2v) is 17.1. The molecular formula is C51H36B5N3OS. The van der Waals surface area contributed by atoms with Crippen LogP contribution in [0.25, 0.3) is 110 Å². The molecule has 0 radical (unpaired) electrons. The molecule has 0 fully saturated rings. The monoisotopic (exact) mass is 793 g/mol. The van der Waals surface area contributed by atoms with Crippen molar-refractivity contribution in [2.45, 2.75) is 0 Å². The number of hydrogen-bond acceptors (Lipinski definition) is 5. The molecule has 0 N–H and O–H groups in total. The molecule has 0 bridgehead atoms. The number of rotatable bonds is 6. The lowest BCUT2D eigenvalue weighted by Crippen LogP contribution is -2.55. The van der Waals surface area contributed by atoms with Gasteiger partial charge >= 0.3 is 0 Å². The van der Waals surface area contributed by atoms with Crippen LogP contribution < -0.4 is 27.3 Å². The highest BCUT2D eigenvalue weighted by Gasteiger charge is 2.21. The van der Waals surface area contributed by atoms with Crippen molar-refractivity contribution in [1.29, 1.82) is 0 Å². The maximum Gasteiger partial charge on any atom is 0.167 e. The molecule has 4 nitrogen and oxygen atoms in total. The summed E-state index contributed by atoms with van der Waals surface area (Å²) in [5.74, 6) is 1.82. The van der Waals surface area contributed by atoms with Gasteiger partial charge < -0.3 is 4.42 Å². The molecule has 3 aromatic heterocycles. The zero-order valence-corrected chi connectivity index (χ0v) is 35.5. The molecule has 8 aromatic carbocycles. The van der Waals surface area contributed by atoms with E-state index in [1.807, 2.05) is 30.3 Å². The average molecular weight is 793 g/mol. The topological polar surface area (TPSA) is 51.8 Å². The van der Waals surface area contributed by atoms with Crippen molar-refractivity contribution in [1.82, 2.24) is 15.0 Å². The van der Waals surface area contributed by atoms with Crippen LogP contribution >= 0.6 is 11.3 Å². The maximum atomic E-state index is 6.94. The van der Waals surface area contributed by atoms with Crippen LogP contribution in [0.1, 0.15) is 0 Å². The molecule has 0 amide bonds. The first kappa shape index (κ1) is 37.1. The van der Waals surface area contributed by atoms with E-state index in [2.05, 4.69) is 167 Å². The van der Waals surface area contributed by atoms with E-state index in [1.54, 1.807) is 11.3 Å². The van der Waals surface area contributed by atoms with E-state index in [0.717, 1.165) is 54.5 Å². The molecule has 10 heteroatoms. The van der Waals surface area contributed by atoms with Crippen molar-refractivity contribution < 1.29 is 4.42 Å². The number of furan rings is 1. The Morgan fingerprint density at radius 3 is 1.49 bits per heavy atom. The zero-order valence-electron chi connectivity index (χ0n) is 34.7. The number of thiophene rings is 1. The van der Waals surface area contributed by atoms with Crippen molar-refractivity contribution in [3.8, 4) is 67.5 Å². The molecule has 0 unspecified atom stereocenters. The Bertz CT molecular complexity index is 3500. The van der Waals surface area contributed by atoms with Crippen molar-refractivity contribution in [3.63, 3.8) is 0 Å². The van der Waals surface area contributed by atoms with Crippen LogP contribution in [0.15, 0.2) is 162 Å². The van der Waals surface area contributed by atoms with Crippen LogP contribution in [0.4, 0.5) is 0 Å². The number of fused-ring (bicyclic) bond motifs is 6. The molecule has 11 aromatic rings. The summed E-state index contributed by atoms with van der Waals surface area (Å²) >= 11 is 1.77. The average Bonchev–Trinajstić information content (AvgIpc) is 3.90. The summed E-state index contributed by atoms with van der Waals surface area (Å²) in [6.07, 6.45) is 0. The summed E-state index contributed by atoms with van der Waals surface area (Å²) in [4.78, 5) is 15.5. The van der Waals surface area contributed by atoms with E-state index < -0.39 is 0 Å². The predicted molar refractivity (Wildman–Crippen MR) is 273 cm³/mol. The van der Waals surface area contributed by atoms with Crippen LogP contribution in [0.3, 0.4) is 0 Å². The fraction of sp³-hybridized carbons (Fsp3) is 0. The fourth-order valence-corrected chi connectivity index (χ4v) is 10.3. The highest BCUT2D eigenvalue weighted by Crippen LogP contribution is 2.42. The zero-order chi connectivity index (χ0) is 41.4. The Kier molecular flexibility index (Phi) is 8.94. The number of para-hydroxylation sites is 2. The van der Waals surface area contributed by atoms with Crippen LogP contribution in [0.2, 0.25) is 0 Å². The van der Waals surface area contributed by atoms with Gasteiger partial charge in [0.1, 0.15) is 50.4 Å². The fourth-order valence-electron chi connectivity index (χ4n) is 9.08. The molecule has 0 saturated carbocycles. The van der Waals surface area contributed by atoms with Crippen LogP contribution in [0, 0.1) is 0 Å². The second-order valence-electron chi connectivity index (χ2n) is 16.1. The van der Waals surface area contributed by atoms with Gasteiger partial charge in [-0.25, -0.2) is 15.0 Å². The van der Waals surface area contributed by atoms with Gasteiger partial charge in [-0.15, -0.1) is 27.7 Å². The first-order chi connectivity index (χ1) is 29.8. The highest BCUT2D eigenvalue weighted by molar-refractivity contribution is 7.26. The summed E-state index contributed by atoms with van der Waals surface area (Å²) in [5, 5.41) is 4.51. The largest absolute Gasteiger partial charge is 0.455 e. The molecule has 0 aliphatic heterocycles. The van der Waals surface area contributed by atoms with Crippen molar-refractivity contribution in [3.05, 3.63) is 158 Å². The SMILES string of the molecule is Bc1c(B)c(B)c(-c2ccc(-c3ccc(-c4cccc5c4oc4c(-c6nc(-c7ccccc7)nc(-c7cccc8c7sc7ccccc78)n6)cccc45)cc3)cc2)c(B)c1B. The lowest BCUT2D eigenvalue weighted by Gasteiger charge is -2.20. The van der Waals surface area contributed by atoms with Crippen LogP contribution in [-0.2, 0) is 0 Å². The number of hydrogen-bond donors (Lipinski definition) is 0. The summed E-state index contributed by atoms with van der Waals surface area (Å²) in [5.41, 5.74) is 18.3. The summed E-state index contributed by atoms with van der Waals surface area (Å²) in [6, 6.07) is 55.6. The van der Waals surface area contributed by atoms with Crippen molar-refractivity contribution >= 4 is 120 Å². The first-order valence-corrected chi connectivity index (χ1v) is 21.6. The molecular weight excluding hydrogens is 757 g/mol. The normalized spacial score (nSPS) is 11.6. The quantitative estimate of drug-likeness (QED) is 0.211. The molecule has 282 valence electrons. The molecule has 3 heterocycles. The third-order valence-corrected chi connectivity index (χ3v) is 14.0. The second kappa shape index (κ2) is 14.7. The Balaban J connectivity index is 0.993. The summed E-state index contributed by atoms with van der Waals surface area (Å²) < 4.78 is 9.34. The molecule has 0 atom stereocenters. The minimum absolute atomic E-state index is 0.571. The van der Waals surface area contributed by atoms with Crippen molar-refractivity contribution in [2.24, 2.45) is 0 Å². The van der Waals surface area contributed by atoms with E-state index in [4.69, 9.17) is 19.4 Å². The van der Waals surface area contributed by atoms with E-state index in [9.17, 15) is 0 Å². The maximum absolute atomic E-state index is 6.94. The Morgan fingerprint density at radius 2 is 0.820 bits per heavy atom. The third-order valence-electron chi connectivity index (χ3n) is 12.8. The lowest BCUT2D eigenvalue weighted by molar-refractivity contribution is 0.670. The van der Waals surface area contributed by atoms with Gasteiger partial charge in [0.25, 0.3) is 0 Å². The lowest BCUT2D eigenvalue weighted by atomic mass is 9.59. The van der Waals surface area contributed by atoms with E-state index in [0.29, 0.717) is 17.5 Å². The molecule has 0 spiro atoms. The minimum Gasteiger partial charge on any atom is -0.455 e. The first-order valence-electron chi connectivity index (χ1n) is 20.8. The third kappa shape index (κ3) is 6.16. The molecule has 61 heavy (non-hydrogen) atoms. The highest BCUT2D eigenvalue weighted by atomic mass is 32.1. The van der Waals surface area contributed by atoms with Gasteiger partial charge in [0.05, 0.1) is 5.56 Å². The van der Waals surface area contributed by atoms with Gasteiger partial charge in [0.2, 0.25) is 0 Å². The van der Waals surface area contributed by atoms with Gasteiger partial charge in [-0.05, 0) is 46.0 Å². The standard InChI is InChI=1S/C51H36B5N3OS/c52-41-40(42(53)44(55)45(56)43(41)54)30-25-21-28(22-26-30)27-19-23-29(24-20-27)32-12-6-13-34-35-14-7-16-37(47(35)60-46(32)34)50-57-49(31-9-2-1-3-10-31)58-51(59-50)38-17-8-15-36-33-11-4-5-18-39(33)61-48(36)38/h1-26H,52-56H2. The van der Waals surface area contributed by atoms with Gasteiger partial charge in [-0.2, -0.15) is 0 Å². The smallest absolute Gasteiger partial charge is 0.167 e. The van der Waals surface area contributed by atoms with Crippen LogP contribution in [-0.4, -0.2) is 54.2 Å². The van der Waals surface area contributed by atoms with Gasteiger partial charge in [-0.3, -0.25) is 0 Å². The minimum atomic E-state index is 0.571. The summed E-state index contributed by atoms with van der Waals surface area (Å²) in [7, 11) is 11.2. The Morgan fingerprint density at radius 1 is 0.344 bits per heavy atom. The molecule has 0 saturated heterocycles.